The Morgan fingerprint density at radius 3 is 2.86 bits per heavy atom. The van der Waals surface area contributed by atoms with E-state index in [0.717, 1.165) is 6.54 Å². The monoisotopic (exact) mass is 302 g/mol. The Balaban J connectivity index is 2.08. The lowest BCUT2D eigenvalue weighted by Gasteiger charge is -2.37. The SMILES string of the molecule is CC(C)N1CCCCC(CN)C1c1csc2ccccc12. The van der Waals surface area contributed by atoms with Crippen molar-refractivity contribution in [3.63, 3.8) is 0 Å². The molecule has 0 radical (unpaired) electrons. The molecule has 0 spiro atoms. The number of nitrogens with zero attached hydrogens (tertiary/aromatic N) is 1. The summed E-state index contributed by atoms with van der Waals surface area (Å²) in [6.45, 7) is 6.63. The molecule has 0 saturated carbocycles. The summed E-state index contributed by atoms with van der Waals surface area (Å²) >= 11 is 1.87. The van der Waals surface area contributed by atoms with E-state index in [1.807, 2.05) is 11.3 Å². The quantitative estimate of drug-likeness (QED) is 0.910. The number of likely N-dealkylation sites (tertiary alicyclic amines) is 1. The number of thiophene rings is 1. The molecule has 1 aromatic carbocycles. The van der Waals surface area contributed by atoms with Gasteiger partial charge in [0.2, 0.25) is 0 Å². The van der Waals surface area contributed by atoms with Gasteiger partial charge in [0.05, 0.1) is 0 Å². The molecule has 21 heavy (non-hydrogen) atoms. The highest BCUT2D eigenvalue weighted by Crippen LogP contribution is 2.41. The van der Waals surface area contributed by atoms with Crippen LogP contribution in [-0.2, 0) is 0 Å². The fraction of sp³-hybridized carbons (Fsp3) is 0.556. The molecular weight excluding hydrogens is 276 g/mol. The molecule has 2 unspecified atom stereocenters. The topological polar surface area (TPSA) is 29.3 Å². The largest absolute Gasteiger partial charge is 0.330 e. The van der Waals surface area contributed by atoms with Crippen molar-refractivity contribution in [1.82, 2.24) is 4.90 Å². The molecule has 1 saturated heterocycles. The number of fused-ring (bicyclic) bond motifs is 1. The van der Waals surface area contributed by atoms with Gasteiger partial charge in [0.1, 0.15) is 0 Å². The lowest BCUT2D eigenvalue weighted by Crippen LogP contribution is -2.39. The van der Waals surface area contributed by atoms with Gasteiger partial charge in [-0.15, -0.1) is 11.3 Å². The van der Waals surface area contributed by atoms with Crippen molar-refractivity contribution in [1.29, 1.82) is 0 Å². The van der Waals surface area contributed by atoms with Crippen molar-refractivity contribution >= 4 is 21.4 Å². The molecule has 0 aliphatic carbocycles. The molecule has 2 heterocycles. The van der Waals surface area contributed by atoms with Gasteiger partial charge >= 0.3 is 0 Å². The van der Waals surface area contributed by atoms with Gasteiger partial charge in [-0.1, -0.05) is 24.6 Å². The summed E-state index contributed by atoms with van der Waals surface area (Å²) in [6, 6.07) is 9.85. The molecule has 0 amide bonds. The van der Waals surface area contributed by atoms with Crippen LogP contribution in [0.25, 0.3) is 10.1 Å². The second-order valence-corrected chi connectivity index (χ2v) is 7.37. The number of hydrogen-bond donors (Lipinski definition) is 1. The van der Waals surface area contributed by atoms with Gasteiger partial charge in [-0.05, 0) is 68.1 Å². The first kappa shape index (κ1) is 15.0. The smallest absolute Gasteiger partial charge is 0.0405 e. The first-order chi connectivity index (χ1) is 10.2. The van der Waals surface area contributed by atoms with Crippen molar-refractivity contribution in [2.24, 2.45) is 11.7 Å². The van der Waals surface area contributed by atoms with E-state index in [1.165, 1.54) is 41.5 Å². The second-order valence-electron chi connectivity index (χ2n) is 6.46. The van der Waals surface area contributed by atoms with Gasteiger partial charge in [0, 0.05) is 16.8 Å². The maximum atomic E-state index is 6.15. The van der Waals surface area contributed by atoms with E-state index in [9.17, 15) is 0 Å². The average Bonchev–Trinajstić information content (AvgIpc) is 2.78. The third kappa shape index (κ3) is 2.87. The summed E-state index contributed by atoms with van der Waals surface area (Å²) in [5.74, 6) is 0.577. The van der Waals surface area contributed by atoms with Crippen LogP contribution in [0.15, 0.2) is 29.6 Å². The molecule has 0 bridgehead atoms. The first-order valence-electron chi connectivity index (χ1n) is 8.14. The summed E-state index contributed by atoms with van der Waals surface area (Å²) in [7, 11) is 0. The highest BCUT2D eigenvalue weighted by molar-refractivity contribution is 7.17. The lowest BCUT2D eigenvalue weighted by atomic mass is 9.88. The Hall–Kier alpha value is -0.900. The van der Waals surface area contributed by atoms with Crippen molar-refractivity contribution in [2.45, 2.75) is 45.2 Å². The fourth-order valence-corrected chi connectivity index (χ4v) is 4.75. The maximum Gasteiger partial charge on any atom is 0.0405 e. The third-order valence-corrected chi connectivity index (χ3v) is 5.82. The molecule has 1 aromatic heterocycles. The van der Waals surface area contributed by atoms with Crippen molar-refractivity contribution in [2.75, 3.05) is 13.1 Å². The standard InChI is InChI=1S/C18H26N2S/c1-13(2)20-10-6-5-7-14(11-19)18(20)16-12-21-17-9-4-3-8-15(16)17/h3-4,8-9,12-14,18H,5-7,10-11,19H2,1-2H3. The predicted molar refractivity (Wildman–Crippen MR) is 92.8 cm³/mol. The molecule has 3 rings (SSSR count). The molecule has 2 atom stereocenters. The molecule has 2 nitrogen and oxygen atoms in total. The highest BCUT2D eigenvalue weighted by Gasteiger charge is 2.33. The van der Waals surface area contributed by atoms with E-state index in [1.54, 1.807) is 0 Å². The molecule has 3 heteroatoms. The van der Waals surface area contributed by atoms with E-state index in [0.29, 0.717) is 18.0 Å². The number of benzene rings is 1. The summed E-state index contributed by atoms with van der Waals surface area (Å²) in [6.07, 6.45) is 3.87. The van der Waals surface area contributed by atoms with Crippen LogP contribution in [0.1, 0.15) is 44.7 Å². The Morgan fingerprint density at radius 2 is 2.10 bits per heavy atom. The van der Waals surface area contributed by atoms with Crippen LogP contribution in [0.2, 0.25) is 0 Å². The minimum atomic E-state index is 0.480. The van der Waals surface area contributed by atoms with Crippen LogP contribution in [0.3, 0.4) is 0 Å². The van der Waals surface area contributed by atoms with Crippen LogP contribution in [0.4, 0.5) is 0 Å². The van der Waals surface area contributed by atoms with Gasteiger partial charge in [0.25, 0.3) is 0 Å². The zero-order chi connectivity index (χ0) is 14.8. The minimum absolute atomic E-state index is 0.480. The van der Waals surface area contributed by atoms with Gasteiger partial charge < -0.3 is 5.73 Å². The van der Waals surface area contributed by atoms with Gasteiger partial charge in [0.15, 0.2) is 0 Å². The predicted octanol–water partition coefficient (Wildman–Crippen LogP) is 4.41. The minimum Gasteiger partial charge on any atom is -0.330 e. The van der Waals surface area contributed by atoms with E-state index in [2.05, 4.69) is 48.4 Å². The fourth-order valence-electron chi connectivity index (χ4n) is 3.75. The van der Waals surface area contributed by atoms with Crippen molar-refractivity contribution in [3.8, 4) is 0 Å². The van der Waals surface area contributed by atoms with Gasteiger partial charge in [-0.2, -0.15) is 0 Å². The Labute approximate surface area is 131 Å². The zero-order valence-electron chi connectivity index (χ0n) is 13.1. The second kappa shape index (κ2) is 6.47. The number of hydrogen-bond acceptors (Lipinski definition) is 3. The van der Waals surface area contributed by atoms with Gasteiger partial charge in [-0.3, -0.25) is 4.90 Å². The van der Waals surface area contributed by atoms with Crippen LogP contribution in [0.5, 0.6) is 0 Å². The number of rotatable bonds is 3. The molecular formula is C18H26N2S. The lowest BCUT2D eigenvalue weighted by molar-refractivity contribution is 0.123. The molecule has 1 aliphatic heterocycles. The Morgan fingerprint density at radius 1 is 1.29 bits per heavy atom. The molecule has 2 aromatic rings. The van der Waals surface area contributed by atoms with E-state index in [-0.39, 0.29) is 0 Å². The molecule has 114 valence electrons. The van der Waals surface area contributed by atoms with E-state index >= 15 is 0 Å². The summed E-state index contributed by atoms with van der Waals surface area (Å²) in [5.41, 5.74) is 7.65. The van der Waals surface area contributed by atoms with Crippen molar-refractivity contribution < 1.29 is 0 Å². The van der Waals surface area contributed by atoms with Crippen LogP contribution >= 0.6 is 11.3 Å². The average molecular weight is 302 g/mol. The first-order valence-corrected chi connectivity index (χ1v) is 9.02. The zero-order valence-corrected chi connectivity index (χ0v) is 13.9. The summed E-state index contributed by atoms with van der Waals surface area (Å²) < 4.78 is 1.40. The molecule has 1 fully saturated rings. The van der Waals surface area contributed by atoms with E-state index < -0.39 is 0 Å². The molecule has 1 aliphatic rings. The summed E-state index contributed by atoms with van der Waals surface area (Å²) in [5, 5.41) is 3.80. The summed E-state index contributed by atoms with van der Waals surface area (Å²) in [4.78, 5) is 2.68. The van der Waals surface area contributed by atoms with Crippen LogP contribution in [-0.4, -0.2) is 24.0 Å². The van der Waals surface area contributed by atoms with E-state index in [4.69, 9.17) is 5.73 Å². The van der Waals surface area contributed by atoms with Crippen molar-refractivity contribution in [3.05, 3.63) is 35.2 Å². The maximum absolute atomic E-state index is 6.15. The Bertz CT molecular complexity index is 590. The van der Waals surface area contributed by atoms with Crippen LogP contribution < -0.4 is 5.73 Å². The third-order valence-electron chi connectivity index (χ3n) is 4.84. The van der Waals surface area contributed by atoms with Crippen LogP contribution in [0, 0.1) is 5.92 Å². The highest BCUT2D eigenvalue weighted by atomic mass is 32.1. The van der Waals surface area contributed by atoms with Gasteiger partial charge in [-0.25, -0.2) is 0 Å². The Kier molecular flexibility index (Phi) is 4.63. The normalized spacial score (nSPS) is 24.6. The molecule has 2 N–H and O–H groups in total. The number of nitrogens with two attached hydrogens (primary N) is 1.